The molecule has 2 aromatic carbocycles. The van der Waals surface area contributed by atoms with E-state index in [-0.39, 0.29) is 5.91 Å². The Morgan fingerprint density at radius 1 is 0.968 bits per heavy atom. The maximum atomic E-state index is 12.9. The molecular weight excluding hydrogens is 396 g/mol. The molecule has 1 atom stereocenters. The predicted molar refractivity (Wildman–Crippen MR) is 119 cm³/mol. The lowest BCUT2D eigenvalue weighted by Crippen LogP contribution is -2.43. The van der Waals surface area contributed by atoms with Gasteiger partial charge in [0.2, 0.25) is 5.91 Å². The second kappa shape index (κ2) is 11.9. The number of amides is 1. The van der Waals surface area contributed by atoms with Crippen molar-refractivity contribution in [1.29, 1.82) is 0 Å². The van der Waals surface area contributed by atoms with E-state index in [0.29, 0.717) is 12.3 Å². The van der Waals surface area contributed by atoms with E-state index in [9.17, 15) is 4.79 Å². The number of hydrogen-bond donors (Lipinski definition) is 2. The van der Waals surface area contributed by atoms with Gasteiger partial charge < -0.3 is 20.0 Å². The lowest BCUT2D eigenvalue weighted by atomic mass is 9.91. The minimum absolute atomic E-state index is 0.256. The third-order valence-corrected chi connectivity index (χ3v) is 5.04. The second-order valence-electron chi connectivity index (χ2n) is 7.91. The highest BCUT2D eigenvalue weighted by Gasteiger charge is 2.28. The first-order chi connectivity index (χ1) is 14.8. The van der Waals surface area contributed by atoms with E-state index >= 15 is 0 Å². The van der Waals surface area contributed by atoms with Gasteiger partial charge in [0.1, 0.15) is 0 Å². The van der Waals surface area contributed by atoms with Crippen molar-refractivity contribution in [1.82, 2.24) is 4.90 Å². The molecule has 7 heteroatoms. The Labute approximate surface area is 182 Å². The second-order valence-corrected chi connectivity index (χ2v) is 7.91. The van der Waals surface area contributed by atoms with Crippen LogP contribution in [0.15, 0.2) is 54.6 Å². The Bertz CT molecular complexity index is 871. The van der Waals surface area contributed by atoms with E-state index in [1.54, 1.807) is 0 Å². The lowest BCUT2D eigenvalue weighted by molar-refractivity contribution is -0.159. The van der Waals surface area contributed by atoms with Crippen LogP contribution in [0.1, 0.15) is 24.0 Å². The number of anilines is 1. The first kappa shape index (κ1) is 24.1. The molecule has 1 unspecified atom stereocenters. The molecule has 1 heterocycles. The fourth-order valence-corrected chi connectivity index (χ4v) is 3.78. The summed E-state index contributed by atoms with van der Waals surface area (Å²) in [4.78, 5) is 35.3. The number of carboxylic acids is 2. The Morgan fingerprint density at radius 3 is 2.19 bits per heavy atom. The van der Waals surface area contributed by atoms with Gasteiger partial charge in [-0.1, -0.05) is 48.5 Å². The van der Waals surface area contributed by atoms with Crippen LogP contribution in [0.3, 0.4) is 0 Å². The monoisotopic (exact) mass is 426 g/mol. The quantitative estimate of drug-likeness (QED) is 0.689. The number of carbonyl (C=O) groups is 3. The van der Waals surface area contributed by atoms with Crippen molar-refractivity contribution in [2.45, 2.75) is 25.7 Å². The average molecular weight is 427 g/mol. The van der Waals surface area contributed by atoms with Gasteiger partial charge in [0, 0.05) is 25.2 Å². The summed E-state index contributed by atoms with van der Waals surface area (Å²) in [5, 5.41) is 14.8. The molecule has 0 spiro atoms. The van der Waals surface area contributed by atoms with Crippen LogP contribution in [0.5, 0.6) is 0 Å². The van der Waals surface area contributed by atoms with E-state index in [2.05, 4.69) is 61.5 Å². The fourth-order valence-electron chi connectivity index (χ4n) is 3.78. The third-order valence-electron chi connectivity index (χ3n) is 5.04. The van der Waals surface area contributed by atoms with Crippen molar-refractivity contribution in [3.8, 4) is 0 Å². The summed E-state index contributed by atoms with van der Waals surface area (Å²) in [6.07, 6.45) is 3.53. The number of aliphatic carboxylic acids is 2. The lowest BCUT2D eigenvalue weighted by Gasteiger charge is -2.36. The number of rotatable bonds is 6. The number of nitrogens with zero attached hydrogens (tertiary/aromatic N) is 2. The number of carbonyl (C=O) groups excluding carboxylic acids is 1. The van der Waals surface area contributed by atoms with Crippen molar-refractivity contribution in [3.63, 3.8) is 0 Å². The highest BCUT2D eigenvalue weighted by molar-refractivity contribution is 6.27. The van der Waals surface area contributed by atoms with Crippen molar-refractivity contribution >= 4 is 23.5 Å². The van der Waals surface area contributed by atoms with E-state index in [1.807, 2.05) is 17.0 Å². The van der Waals surface area contributed by atoms with Gasteiger partial charge in [0.25, 0.3) is 0 Å². The Kier molecular flexibility index (Phi) is 9.21. The SMILES string of the molecule is CN(C)CC1Cc2ccccc2N(C(=O)CCCc2ccccc2)C1.O=C(O)C(=O)O. The molecule has 3 rings (SSSR count). The highest BCUT2D eigenvalue weighted by Crippen LogP contribution is 2.30. The van der Waals surface area contributed by atoms with E-state index in [4.69, 9.17) is 19.8 Å². The van der Waals surface area contributed by atoms with Gasteiger partial charge in [0.15, 0.2) is 0 Å². The summed E-state index contributed by atoms with van der Waals surface area (Å²) in [6.45, 7) is 1.85. The normalized spacial score (nSPS) is 14.9. The van der Waals surface area contributed by atoms with Crippen LogP contribution < -0.4 is 4.90 Å². The van der Waals surface area contributed by atoms with Crippen LogP contribution in [0.2, 0.25) is 0 Å². The van der Waals surface area contributed by atoms with Crippen molar-refractivity contribution in [2.24, 2.45) is 5.92 Å². The Balaban J connectivity index is 0.000000501. The number of aryl methyl sites for hydroxylation is 1. The first-order valence-corrected chi connectivity index (χ1v) is 10.3. The fraction of sp³-hybridized carbons (Fsp3) is 0.375. The standard InChI is InChI=1S/C22H28N2O.C2H2O4/c1-23(2)16-19-15-20-12-6-7-13-21(20)24(17-19)22(25)14-8-11-18-9-4-3-5-10-18;3-1(4)2(5)6/h3-7,9-10,12-13,19H,8,11,14-17H2,1-2H3;(H,3,4)(H,5,6). The first-order valence-electron chi connectivity index (χ1n) is 10.3. The molecule has 2 aromatic rings. The molecule has 0 saturated heterocycles. The minimum atomic E-state index is -1.82. The van der Waals surface area contributed by atoms with Crippen molar-refractivity contribution in [2.75, 3.05) is 32.1 Å². The van der Waals surface area contributed by atoms with Crippen LogP contribution in [-0.4, -0.2) is 60.1 Å². The Hall–Kier alpha value is -3.19. The van der Waals surface area contributed by atoms with Crippen LogP contribution >= 0.6 is 0 Å². The summed E-state index contributed by atoms with van der Waals surface area (Å²) in [7, 11) is 4.21. The Morgan fingerprint density at radius 2 is 1.58 bits per heavy atom. The molecule has 0 saturated carbocycles. The molecule has 1 aliphatic heterocycles. The smallest absolute Gasteiger partial charge is 0.414 e. The molecule has 7 nitrogen and oxygen atoms in total. The molecule has 0 aliphatic carbocycles. The van der Waals surface area contributed by atoms with Gasteiger partial charge in [-0.15, -0.1) is 0 Å². The van der Waals surface area contributed by atoms with Gasteiger partial charge in [-0.05, 0) is 56.5 Å². The van der Waals surface area contributed by atoms with Crippen molar-refractivity contribution in [3.05, 3.63) is 65.7 Å². The zero-order valence-electron chi connectivity index (χ0n) is 18.0. The molecule has 166 valence electrons. The van der Waals surface area contributed by atoms with E-state index < -0.39 is 11.9 Å². The predicted octanol–water partition coefficient (Wildman–Crippen LogP) is 2.93. The van der Waals surface area contributed by atoms with Crippen LogP contribution in [0.4, 0.5) is 5.69 Å². The van der Waals surface area contributed by atoms with Gasteiger partial charge in [-0.3, -0.25) is 4.79 Å². The molecule has 1 amide bonds. The molecule has 31 heavy (non-hydrogen) atoms. The van der Waals surface area contributed by atoms with Gasteiger partial charge >= 0.3 is 11.9 Å². The summed E-state index contributed by atoms with van der Waals surface area (Å²) >= 11 is 0. The summed E-state index contributed by atoms with van der Waals surface area (Å²) in [6, 6.07) is 18.8. The molecule has 0 aromatic heterocycles. The minimum Gasteiger partial charge on any atom is -0.473 e. The van der Waals surface area contributed by atoms with Crippen LogP contribution in [0.25, 0.3) is 0 Å². The van der Waals surface area contributed by atoms with Gasteiger partial charge in [0.05, 0.1) is 0 Å². The maximum absolute atomic E-state index is 12.9. The summed E-state index contributed by atoms with van der Waals surface area (Å²) in [5.41, 5.74) is 3.72. The zero-order valence-corrected chi connectivity index (χ0v) is 18.0. The topological polar surface area (TPSA) is 98.2 Å². The molecule has 2 N–H and O–H groups in total. The summed E-state index contributed by atoms with van der Waals surface area (Å²) < 4.78 is 0. The molecule has 1 aliphatic rings. The molecule has 0 bridgehead atoms. The van der Waals surface area contributed by atoms with Gasteiger partial charge in [-0.2, -0.15) is 0 Å². The maximum Gasteiger partial charge on any atom is 0.414 e. The van der Waals surface area contributed by atoms with E-state index in [1.165, 1.54) is 11.1 Å². The largest absolute Gasteiger partial charge is 0.473 e. The third kappa shape index (κ3) is 7.86. The number of para-hydroxylation sites is 1. The summed E-state index contributed by atoms with van der Waals surface area (Å²) in [5.74, 6) is -2.89. The van der Waals surface area contributed by atoms with Crippen molar-refractivity contribution < 1.29 is 24.6 Å². The van der Waals surface area contributed by atoms with Crippen LogP contribution in [0, 0.1) is 5.92 Å². The zero-order chi connectivity index (χ0) is 22.8. The number of benzene rings is 2. The van der Waals surface area contributed by atoms with E-state index in [0.717, 1.165) is 38.0 Å². The molecule has 0 fully saturated rings. The number of hydrogen-bond acceptors (Lipinski definition) is 4. The number of fused-ring (bicyclic) bond motifs is 1. The van der Waals surface area contributed by atoms with Gasteiger partial charge in [-0.25, -0.2) is 9.59 Å². The molecule has 0 radical (unpaired) electrons. The highest BCUT2D eigenvalue weighted by atomic mass is 16.4. The van der Waals surface area contributed by atoms with Crippen LogP contribution in [-0.2, 0) is 27.2 Å². The number of carboxylic acid groups (broad SMARTS) is 2. The molecular formula is C24H30N2O5. The average Bonchev–Trinajstić information content (AvgIpc) is 2.73.